The zero-order chi connectivity index (χ0) is 12.5. The maximum Gasteiger partial charge on any atom is 0.259 e. The Morgan fingerprint density at radius 2 is 2.18 bits per heavy atom. The summed E-state index contributed by atoms with van der Waals surface area (Å²) in [5.41, 5.74) is 0. The molecule has 2 rings (SSSR count). The fourth-order valence-corrected chi connectivity index (χ4v) is 3.50. The Bertz CT molecular complexity index is 447. The Balaban J connectivity index is 2.07. The number of aliphatic hydroxyl groups is 1. The Kier molecular flexibility index (Phi) is 3.50. The minimum absolute atomic E-state index is 0.132. The smallest absolute Gasteiger partial charge is 0.259 e. The van der Waals surface area contributed by atoms with Gasteiger partial charge in [0.05, 0.1) is 12.3 Å². The summed E-state index contributed by atoms with van der Waals surface area (Å²) in [6.07, 6.45) is 2.46. The molecule has 0 aliphatic carbocycles. The van der Waals surface area contributed by atoms with Crippen LogP contribution in [0, 0.1) is 5.92 Å². The van der Waals surface area contributed by atoms with E-state index in [0.717, 1.165) is 0 Å². The van der Waals surface area contributed by atoms with Crippen molar-refractivity contribution >= 4 is 10.0 Å². The number of aromatic nitrogens is 2. The van der Waals surface area contributed by atoms with E-state index in [1.165, 1.54) is 16.6 Å². The van der Waals surface area contributed by atoms with Gasteiger partial charge in [0.15, 0.2) is 5.03 Å². The lowest BCUT2D eigenvalue weighted by Gasteiger charge is -2.31. The van der Waals surface area contributed by atoms with Crippen molar-refractivity contribution in [1.82, 2.24) is 14.5 Å². The number of nitrogens with zero attached hydrogens (tertiary/aromatic N) is 2. The van der Waals surface area contributed by atoms with E-state index in [4.69, 9.17) is 0 Å². The predicted octanol–water partition coefficient (Wildman–Crippen LogP) is 0.191. The molecule has 1 aromatic rings. The topological polar surface area (TPSA) is 86.3 Å². The number of hydrogen-bond acceptors (Lipinski definition) is 4. The van der Waals surface area contributed by atoms with Crippen molar-refractivity contribution in [2.24, 2.45) is 5.92 Å². The van der Waals surface area contributed by atoms with E-state index in [9.17, 15) is 13.5 Å². The van der Waals surface area contributed by atoms with Gasteiger partial charge in [-0.3, -0.25) is 5.10 Å². The average molecular weight is 259 g/mol. The van der Waals surface area contributed by atoms with Crippen LogP contribution < -0.4 is 0 Å². The summed E-state index contributed by atoms with van der Waals surface area (Å²) in [6, 6.07) is 1.45. The summed E-state index contributed by atoms with van der Waals surface area (Å²) in [4.78, 5) is 0. The van der Waals surface area contributed by atoms with Crippen LogP contribution in [0.3, 0.4) is 0 Å². The molecule has 0 spiro atoms. The average Bonchev–Trinajstić information content (AvgIpc) is 2.83. The van der Waals surface area contributed by atoms with Crippen LogP contribution in [0.25, 0.3) is 0 Å². The molecule has 0 amide bonds. The van der Waals surface area contributed by atoms with Gasteiger partial charge in [-0.15, -0.1) is 0 Å². The van der Waals surface area contributed by atoms with Crippen molar-refractivity contribution in [3.05, 3.63) is 12.3 Å². The number of hydrogen-bond donors (Lipinski definition) is 2. The van der Waals surface area contributed by atoms with E-state index in [-0.39, 0.29) is 17.0 Å². The van der Waals surface area contributed by atoms with Gasteiger partial charge in [0.25, 0.3) is 10.0 Å². The van der Waals surface area contributed by atoms with Crippen LogP contribution >= 0.6 is 0 Å². The molecule has 1 aliphatic heterocycles. The first-order chi connectivity index (χ1) is 8.01. The van der Waals surface area contributed by atoms with E-state index >= 15 is 0 Å². The number of sulfonamides is 1. The molecule has 96 valence electrons. The first-order valence-electron chi connectivity index (χ1n) is 5.69. The number of rotatable bonds is 3. The van der Waals surface area contributed by atoms with Gasteiger partial charge >= 0.3 is 0 Å². The molecule has 1 unspecified atom stereocenters. The number of H-pyrrole nitrogens is 1. The van der Waals surface area contributed by atoms with E-state index in [1.807, 2.05) is 0 Å². The Morgan fingerprint density at radius 3 is 2.65 bits per heavy atom. The lowest BCUT2D eigenvalue weighted by molar-refractivity contribution is 0.0911. The lowest BCUT2D eigenvalue weighted by atomic mass is 9.93. The highest BCUT2D eigenvalue weighted by Crippen LogP contribution is 2.24. The molecule has 2 heterocycles. The maximum atomic E-state index is 12.1. The van der Waals surface area contributed by atoms with Crippen LogP contribution in [-0.2, 0) is 10.0 Å². The van der Waals surface area contributed by atoms with Crippen LogP contribution in [0.4, 0.5) is 0 Å². The summed E-state index contributed by atoms with van der Waals surface area (Å²) in [5.74, 6) is 0.197. The summed E-state index contributed by atoms with van der Waals surface area (Å²) in [5, 5.41) is 15.7. The highest BCUT2D eigenvalue weighted by molar-refractivity contribution is 7.89. The molecule has 2 N–H and O–H groups in total. The second kappa shape index (κ2) is 4.75. The molecule has 1 saturated heterocycles. The summed E-state index contributed by atoms with van der Waals surface area (Å²) in [6.45, 7) is 2.66. The molecule has 0 bridgehead atoms. The first-order valence-corrected chi connectivity index (χ1v) is 7.13. The first kappa shape index (κ1) is 12.5. The van der Waals surface area contributed by atoms with Gasteiger partial charge in [-0.25, -0.2) is 8.42 Å². The van der Waals surface area contributed by atoms with Crippen molar-refractivity contribution < 1.29 is 13.5 Å². The molecule has 1 aliphatic rings. The fraction of sp³-hybridized carbons (Fsp3) is 0.700. The number of piperidine rings is 1. The maximum absolute atomic E-state index is 12.1. The molecule has 0 aromatic carbocycles. The second-order valence-electron chi connectivity index (χ2n) is 4.40. The molecule has 6 nitrogen and oxygen atoms in total. The zero-order valence-electron chi connectivity index (χ0n) is 9.70. The zero-order valence-corrected chi connectivity index (χ0v) is 10.5. The van der Waals surface area contributed by atoms with Crippen molar-refractivity contribution in [2.75, 3.05) is 13.1 Å². The Labute approximate surface area is 101 Å². The van der Waals surface area contributed by atoms with Crippen molar-refractivity contribution in [1.29, 1.82) is 0 Å². The van der Waals surface area contributed by atoms with Gasteiger partial charge in [0.1, 0.15) is 0 Å². The van der Waals surface area contributed by atoms with Gasteiger partial charge in [0, 0.05) is 13.1 Å². The fourth-order valence-electron chi connectivity index (χ4n) is 2.12. The second-order valence-corrected chi connectivity index (χ2v) is 6.31. The molecule has 1 fully saturated rings. The van der Waals surface area contributed by atoms with E-state index in [1.54, 1.807) is 6.92 Å². The molecule has 1 atom stereocenters. The van der Waals surface area contributed by atoms with E-state index in [0.29, 0.717) is 25.9 Å². The number of aliphatic hydroxyl groups excluding tert-OH is 1. The third-order valence-corrected chi connectivity index (χ3v) is 5.10. The molecule has 7 heteroatoms. The van der Waals surface area contributed by atoms with E-state index in [2.05, 4.69) is 10.2 Å². The van der Waals surface area contributed by atoms with Crippen LogP contribution in [0.2, 0.25) is 0 Å². The minimum Gasteiger partial charge on any atom is -0.393 e. The molecule has 0 radical (unpaired) electrons. The summed E-state index contributed by atoms with van der Waals surface area (Å²) < 4.78 is 25.7. The molecular formula is C10H17N3O3S. The number of nitrogens with one attached hydrogen (secondary N) is 1. The van der Waals surface area contributed by atoms with E-state index < -0.39 is 10.0 Å². The lowest BCUT2D eigenvalue weighted by Crippen LogP contribution is -2.40. The van der Waals surface area contributed by atoms with Gasteiger partial charge in [-0.2, -0.15) is 9.40 Å². The largest absolute Gasteiger partial charge is 0.393 e. The third kappa shape index (κ3) is 2.51. The highest BCUT2D eigenvalue weighted by Gasteiger charge is 2.31. The monoisotopic (exact) mass is 259 g/mol. The highest BCUT2D eigenvalue weighted by atomic mass is 32.2. The van der Waals surface area contributed by atoms with Crippen molar-refractivity contribution in [2.45, 2.75) is 30.9 Å². The minimum atomic E-state index is -3.43. The van der Waals surface area contributed by atoms with Gasteiger partial charge < -0.3 is 5.11 Å². The quantitative estimate of drug-likeness (QED) is 0.811. The Morgan fingerprint density at radius 1 is 1.53 bits per heavy atom. The predicted molar refractivity (Wildman–Crippen MR) is 61.8 cm³/mol. The normalized spacial score (nSPS) is 21.5. The molecule has 17 heavy (non-hydrogen) atoms. The van der Waals surface area contributed by atoms with Crippen molar-refractivity contribution in [3.63, 3.8) is 0 Å². The Hall–Kier alpha value is -0.920. The van der Waals surface area contributed by atoms with Crippen LogP contribution in [0.1, 0.15) is 19.8 Å². The number of aromatic amines is 1. The van der Waals surface area contributed by atoms with Gasteiger partial charge in [-0.05, 0) is 31.7 Å². The standard InChI is InChI=1S/C10H17N3O3S/c1-8(14)9-3-6-13(7-4-9)17(15,16)10-2-5-11-12-10/h2,5,8-9,14H,3-4,6-7H2,1H3,(H,11,12). The van der Waals surface area contributed by atoms with Gasteiger partial charge in [-0.1, -0.05) is 0 Å². The molecule has 0 saturated carbocycles. The summed E-state index contributed by atoms with van der Waals surface area (Å²) in [7, 11) is -3.43. The summed E-state index contributed by atoms with van der Waals surface area (Å²) >= 11 is 0. The van der Waals surface area contributed by atoms with Crippen LogP contribution in [0.15, 0.2) is 17.3 Å². The molecular weight excluding hydrogens is 242 g/mol. The SMILES string of the molecule is CC(O)C1CCN(S(=O)(=O)c2ccn[nH]2)CC1. The third-order valence-electron chi connectivity index (χ3n) is 3.27. The molecule has 1 aromatic heterocycles. The van der Waals surface area contributed by atoms with Crippen molar-refractivity contribution in [3.8, 4) is 0 Å². The van der Waals surface area contributed by atoms with Crippen LogP contribution in [0.5, 0.6) is 0 Å². The van der Waals surface area contributed by atoms with Crippen LogP contribution in [-0.4, -0.2) is 47.2 Å². The van der Waals surface area contributed by atoms with Gasteiger partial charge in [0.2, 0.25) is 0 Å².